The molecule has 0 atom stereocenters. The summed E-state index contributed by atoms with van der Waals surface area (Å²) < 4.78 is 1.63. The lowest BCUT2D eigenvalue weighted by molar-refractivity contribution is 0.269. The van der Waals surface area contributed by atoms with E-state index >= 15 is 0 Å². The maximum Gasteiger partial charge on any atom is 0.230 e. The largest absolute Gasteiger partial charge is 0.394 e. The molecule has 0 aliphatic carbocycles. The normalized spacial score (nSPS) is 10.6. The van der Waals surface area contributed by atoms with Crippen molar-refractivity contribution < 1.29 is 5.11 Å². The number of halogens is 1. The Morgan fingerprint density at radius 1 is 1.17 bits per heavy atom. The van der Waals surface area contributed by atoms with Crippen molar-refractivity contribution in [2.24, 2.45) is 0 Å². The summed E-state index contributed by atoms with van der Waals surface area (Å²) in [6.07, 6.45) is 3.30. The summed E-state index contributed by atoms with van der Waals surface area (Å²) in [4.78, 5) is 8.53. The van der Waals surface area contributed by atoms with Gasteiger partial charge in [-0.2, -0.15) is 10.1 Å². The van der Waals surface area contributed by atoms with E-state index in [9.17, 15) is 0 Å². The number of nitrogens with zero attached hydrogens (tertiary/aromatic N) is 4. The van der Waals surface area contributed by atoms with Gasteiger partial charge in [-0.1, -0.05) is 41.9 Å². The summed E-state index contributed by atoms with van der Waals surface area (Å²) in [5, 5.41) is 19.8. The van der Waals surface area contributed by atoms with Crippen LogP contribution in [0.25, 0.3) is 0 Å². The molecule has 2 heterocycles. The van der Waals surface area contributed by atoms with E-state index in [0.717, 1.165) is 5.56 Å². The van der Waals surface area contributed by atoms with Gasteiger partial charge >= 0.3 is 0 Å². The zero-order chi connectivity index (χ0) is 16.8. The second-order valence-corrected chi connectivity index (χ2v) is 5.45. The van der Waals surface area contributed by atoms with E-state index in [-0.39, 0.29) is 6.61 Å². The highest BCUT2D eigenvalue weighted by molar-refractivity contribution is 6.32. The maximum absolute atomic E-state index is 8.91. The molecule has 0 fully saturated rings. The molecule has 0 radical (unpaired) electrons. The van der Waals surface area contributed by atoms with Crippen molar-refractivity contribution in [1.29, 1.82) is 0 Å². The molecular weight excluding hydrogens is 328 g/mol. The van der Waals surface area contributed by atoms with E-state index in [1.54, 1.807) is 16.9 Å². The Morgan fingerprint density at radius 3 is 2.79 bits per heavy atom. The third kappa shape index (κ3) is 4.21. The summed E-state index contributed by atoms with van der Waals surface area (Å²) in [7, 11) is 0. The summed E-state index contributed by atoms with van der Waals surface area (Å²) in [5.74, 6) is 1.54. The van der Waals surface area contributed by atoms with Crippen LogP contribution in [0.3, 0.4) is 0 Å². The third-order valence-electron chi connectivity index (χ3n) is 3.26. The van der Waals surface area contributed by atoms with Crippen LogP contribution in [-0.2, 0) is 13.1 Å². The van der Waals surface area contributed by atoms with Crippen LogP contribution < -0.4 is 10.6 Å². The molecular formula is C16H17ClN6O. The highest BCUT2D eigenvalue weighted by Crippen LogP contribution is 2.21. The number of benzene rings is 1. The van der Waals surface area contributed by atoms with Crippen LogP contribution in [0.5, 0.6) is 0 Å². The first-order chi connectivity index (χ1) is 11.7. The maximum atomic E-state index is 8.91. The number of aliphatic hydroxyl groups excluding tert-OH is 1. The molecule has 0 saturated heterocycles. The van der Waals surface area contributed by atoms with Crippen molar-refractivity contribution in [2.75, 3.05) is 17.2 Å². The number of nitrogens with one attached hydrogen (secondary N) is 2. The Kier molecular flexibility index (Phi) is 5.25. The lowest BCUT2D eigenvalue weighted by Crippen LogP contribution is -2.06. The molecule has 3 aromatic rings. The fourth-order valence-corrected chi connectivity index (χ4v) is 2.26. The van der Waals surface area contributed by atoms with Gasteiger partial charge in [0.2, 0.25) is 5.95 Å². The number of aliphatic hydroxyl groups is 1. The highest BCUT2D eigenvalue weighted by atomic mass is 35.5. The number of aromatic nitrogens is 4. The summed E-state index contributed by atoms with van der Waals surface area (Å²) >= 11 is 6.15. The van der Waals surface area contributed by atoms with Crippen LogP contribution in [0.15, 0.2) is 48.8 Å². The molecule has 3 N–H and O–H groups in total. The van der Waals surface area contributed by atoms with Crippen LogP contribution >= 0.6 is 11.6 Å². The van der Waals surface area contributed by atoms with Gasteiger partial charge in [-0.05, 0) is 5.56 Å². The first kappa shape index (κ1) is 16.2. The van der Waals surface area contributed by atoms with E-state index in [1.165, 1.54) is 6.20 Å². The predicted octanol–water partition coefficient (Wildman–Crippen LogP) is 2.67. The van der Waals surface area contributed by atoms with Crippen LogP contribution in [0.4, 0.5) is 17.6 Å². The molecule has 0 spiro atoms. The molecule has 0 aliphatic rings. The summed E-state index contributed by atoms with van der Waals surface area (Å²) in [5.41, 5.74) is 1.13. The summed E-state index contributed by atoms with van der Waals surface area (Å²) in [6, 6.07) is 11.8. The number of rotatable bonds is 7. The monoisotopic (exact) mass is 344 g/mol. The van der Waals surface area contributed by atoms with Crippen molar-refractivity contribution in [3.05, 3.63) is 59.4 Å². The van der Waals surface area contributed by atoms with Gasteiger partial charge in [0, 0.05) is 18.8 Å². The first-order valence-electron chi connectivity index (χ1n) is 7.46. The van der Waals surface area contributed by atoms with Gasteiger partial charge in [0.15, 0.2) is 11.6 Å². The van der Waals surface area contributed by atoms with Crippen molar-refractivity contribution in [1.82, 2.24) is 19.7 Å². The van der Waals surface area contributed by atoms with Gasteiger partial charge in [-0.3, -0.25) is 4.68 Å². The van der Waals surface area contributed by atoms with Crippen molar-refractivity contribution in [3.8, 4) is 0 Å². The minimum atomic E-state index is 0.0338. The molecule has 0 bridgehead atoms. The average molecular weight is 345 g/mol. The van der Waals surface area contributed by atoms with E-state index in [4.69, 9.17) is 16.7 Å². The van der Waals surface area contributed by atoms with E-state index in [0.29, 0.717) is 35.7 Å². The molecule has 2 aromatic heterocycles. The quantitative estimate of drug-likeness (QED) is 0.610. The zero-order valence-electron chi connectivity index (χ0n) is 12.9. The van der Waals surface area contributed by atoms with Gasteiger partial charge in [0.05, 0.1) is 19.3 Å². The Labute approximate surface area is 144 Å². The zero-order valence-corrected chi connectivity index (χ0v) is 13.6. The van der Waals surface area contributed by atoms with Crippen LogP contribution in [0, 0.1) is 0 Å². The molecule has 0 unspecified atom stereocenters. The predicted molar refractivity (Wildman–Crippen MR) is 93.4 cm³/mol. The van der Waals surface area contributed by atoms with Gasteiger partial charge in [0.25, 0.3) is 0 Å². The number of hydrogen-bond acceptors (Lipinski definition) is 6. The second-order valence-electron chi connectivity index (χ2n) is 5.04. The van der Waals surface area contributed by atoms with Gasteiger partial charge in [-0.15, -0.1) is 0 Å². The van der Waals surface area contributed by atoms with Crippen molar-refractivity contribution in [2.45, 2.75) is 13.1 Å². The average Bonchev–Trinajstić information content (AvgIpc) is 3.04. The highest BCUT2D eigenvalue weighted by Gasteiger charge is 2.07. The van der Waals surface area contributed by atoms with Crippen LogP contribution in [-0.4, -0.2) is 31.5 Å². The van der Waals surface area contributed by atoms with Crippen molar-refractivity contribution >= 4 is 29.2 Å². The number of hydrogen-bond donors (Lipinski definition) is 3. The molecule has 7 nitrogen and oxygen atoms in total. The second kappa shape index (κ2) is 7.76. The molecule has 0 aliphatic heterocycles. The Bertz CT molecular complexity index is 792. The molecule has 124 valence electrons. The molecule has 3 rings (SSSR count). The third-order valence-corrected chi connectivity index (χ3v) is 3.53. The Morgan fingerprint density at radius 2 is 2.00 bits per heavy atom. The minimum Gasteiger partial charge on any atom is -0.394 e. The molecule has 0 saturated carbocycles. The van der Waals surface area contributed by atoms with Gasteiger partial charge < -0.3 is 15.7 Å². The fourth-order valence-electron chi connectivity index (χ4n) is 2.10. The SMILES string of the molecule is OCCn1ccc(Nc2ncc(Cl)c(NCc3ccccc3)n2)n1. The smallest absolute Gasteiger partial charge is 0.230 e. The number of anilines is 3. The fraction of sp³-hybridized carbons (Fsp3) is 0.188. The lowest BCUT2D eigenvalue weighted by Gasteiger charge is -2.09. The molecule has 8 heteroatoms. The molecule has 1 aromatic carbocycles. The van der Waals surface area contributed by atoms with Gasteiger partial charge in [-0.25, -0.2) is 4.98 Å². The van der Waals surface area contributed by atoms with E-state index in [2.05, 4.69) is 25.7 Å². The van der Waals surface area contributed by atoms with Crippen LogP contribution in [0.1, 0.15) is 5.56 Å². The standard InChI is InChI=1S/C16H17ClN6O/c17-13-11-19-16(20-14-6-7-23(22-14)8-9-24)21-15(13)18-10-12-4-2-1-3-5-12/h1-7,11,24H,8-10H2,(H2,18,19,20,21,22). The van der Waals surface area contributed by atoms with Gasteiger partial charge in [0.1, 0.15) is 5.02 Å². The minimum absolute atomic E-state index is 0.0338. The molecule has 24 heavy (non-hydrogen) atoms. The lowest BCUT2D eigenvalue weighted by atomic mass is 10.2. The van der Waals surface area contributed by atoms with Crippen LogP contribution in [0.2, 0.25) is 5.02 Å². The Hall–Kier alpha value is -2.64. The Balaban J connectivity index is 1.68. The van der Waals surface area contributed by atoms with E-state index < -0.39 is 0 Å². The van der Waals surface area contributed by atoms with Crippen molar-refractivity contribution in [3.63, 3.8) is 0 Å². The van der Waals surface area contributed by atoms with E-state index in [1.807, 2.05) is 30.3 Å². The summed E-state index contributed by atoms with van der Waals surface area (Å²) in [6.45, 7) is 1.08. The molecule has 0 amide bonds. The first-order valence-corrected chi connectivity index (χ1v) is 7.84. The topological polar surface area (TPSA) is 87.9 Å².